The van der Waals surface area contributed by atoms with Crippen LogP contribution in [0.5, 0.6) is 0 Å². The molecule has 0 amide bonds. The van der Waals surface area contributed by atoms with Crippen molar-refractivity contribution in [1.29, 1.82) is 0 Å². The minimum Gasteiger partial charge on any atom is -0.360 e. The molecule has 0 bridgehead atoms. The fourth-order valence-electron chi connectivity index (χ4n) is 2.96. The van der Waals surface area contributed by atoms with Crippen LogP contribution in [0, 0.1) is 11.6 Å². The highest BCUT2D eigenvalue weighted by Gasteiger charge is 2.20. The number of nitrogens with zero attached hydrogens (tertiary/aromatic N) is 3. The third kappa shape index (κ3) is 5.29. The molecular weight excluding hydrogens is 469 g/mol. The molecule has 1 aliphatic heterocycles. The van der Waals surface area contributed by atoms with E-state index in [9.17, 15) is 8.78 Å². The molecule has 0 unspecified atom stereocenters. The summed E-state index contributed by atoms with van der Waals surface area (Å²) in [6.07, 6.45) is 0.414. The van der Waals surface area contributed by atoms with Crippen molar-refractivity contribution in [3.8, 4) is 0 Å². The van der Waals surface area contributed by atoms with Gasteiger partial charge in [-0.05, 0) is 47.7 Å². The second-order valence-electron chi connectivity index (χ2n) is 5.89. The summed E-state index contributed by atoms with van der Waals surface area (Å²) in [6, 6.07) is 7.76. The Balaban J connectivity index is 0.00000243. The Labute approximate surface area is 173 Å². The Hall–Kier alpha value is -1.42. The van der Waals surface area contributed by atoms with Gasteiger partial charge < -0.3 is 15.1 Å². The summed E-state index contributed by atoms with van der Waals surface area (Å²) in [5.41, 5.74) is 0.380. The molecule has 1 aromatic heterocycles. The van der Waals surface area contributed by atoms with E-state index in [1.54, 1.807) is 18.4 Å². The standard InChI is InChI=1S/C18H22F2N4S.HI/c1-21-18(22-7-6-14-13-15(19)4-5-16(14)20)24-10-8-23(9-11-24)17-3-2-12-25-17;/h2-5,12-13H,6-11H2,1H3,(H,21,22);1H. The first-order chi connectivity index (χ1) is 12.2. The maximum Gasteiger partial charge on any atom is 0.193 e. The first kappa shape index (κ1) is 20.9. The Morgan fingerprint density at radius 2 is 1.96 bits per heavy atom. The fourth-order valence-corrected chi connectivity index (χ4v) is 3.75. The van der Waals surface area contributed by atoms with Gasteiger partial charge in [0.2, 0.25) is 0 Å². The van der Waals surface area contributed by atoms with Gasteiger partial charge in [-0.3, -0.25) is 4.99 Å². The van der Waals surface area contributed by atoms with E-state index in [0.717, 1.165) is 38.2 Å². The fraction of sp³-hybridized carbons (Fsp3) is 0.389. The van der Waals surface area contributed by atoms with E-state index < -0.39 is 5.82 Å². The predicted octanol–water partition coefficient (Wildman–Crippen LogP) is 3.58. The Morgan fingerprint density at radius 3 is 2.62 bits per heavy atom. The van der Waals surface area contributed by atoms with Gasteiger partial charge in [0.15, 0.2) is 5.96 Å². The SMILES string of the molecule is CN=C(NCCc1cc(F)ccc1F)N1CCN(c2cccs2)CC1.I. The second kappa shape index (κ2) is 10.1. The molecule has 1 aliphatic rings. The second-order valence-corrected chi connectivity index (χ2v) is 6.81. The molecule has 1 saturated heterocycles. The molecule has 8 heteroatoms. The topological polar surface area (TPSA) is 30.9 Å². The third-order valence-electron chi connectivity index (χ3n) is 4.29. The summed E-state index contributed by atoms with van der Waals surface area (Å²) in [4.78, 5) is 8.89. The number of anilines is 1. The number of benzene rings is 1. The van der Waals surface area contributed by atoms with Crippen LogP contribution < -0.4 is 10.2 Å². The van der Waals surface area contributed by atoms with Crippen LogP contribution in [0.25, 0.3) is 0 Å². The molecule has 0 atom stereocenters. The average Bonchev–Trinajstić information content (AvgIpc) is 3.16. The summed E-state index contributed by atoms with van der Waals surface area (Å²) in [5, 5.41) is 6.64. The zero-order valence-corrected chi connectivity index (χ0v) is 17.8. The van der Waals surface area contributed by atoms with E-state index in [2.05, 4.69) is 37.6 Å². The van der Waals surface area contributed by atoms with Crippen LogP contribution in [0.1, 0.15) is 5.56 Å². The molecule has 142 valence electrons. The van der Waals surface area contributed by atoms with E-state index in [0.29, 0.717) is 18.5 Å². The van der Waals surface area contributed by atoms with Gasteiger partial charge in [0.1, 0.15) is 11.6 Å². The number of piperazine rings is 1. The highest BCUT2D eigenvalue weighted by molar-refractivity contribution is 14.0. The van der Waals surface area contributed by atoms with Crippen LogP contribution in [-0.2, 0) is 6.42 Å². The van der Waals surface area contributed by atoms with Crippen LogP contribution in [0.4, 0.5) is 13.8 Å². The van der Waals surface area contributed by atoms with Crippen molar-refractivity contribution < 1.29 is 8.78 Å². The van der Waals surface area contributed by atoms with E-state index in [1.807, 2.05) is 0 Å². The van der Waals surface area contributed by atoms with E-state index in [4.69, 9.17) is 0 Å². The minimum absolute atomic E-state index is 0. The molecule has 1 fully saturated rings. The Morgan fingerprint density at radius 1 is 1.19 bits per heavy atom. The Kier molecular flexibility index (Phi) is 8.08. The lowest BCUT2D eigenvalue weighted by Crippen LogP contribution is -2.52. The molecule has 2 aromatic rings. The smallest absolute Gasteiger partial charge is 0.193 e. The van der Waals surface area contributed by atoms with E-state index in [-0.39, 0.29) is 29.8 Å². The van der Waals surface area contributed by atoms with Crippen molar-refractivity contribution in [1.82, 2.24) is 10.2 Å². The molecule has 1 aromatic carbocycles. The highest BCUT2D eigenvalue weighted by atomic mass is 127. The van der Waals surface area contributed by atoms with Crippen molar-refractivity contribution in [3.63, 3.8) is 0 Å². The molecule has 3 rings (SSSR count). The van der Waals surface area contributed by atoms with Crippen LogP contribution in [-0.4, -0.2) is 50.6 Å². The molecule has 2 heterocycles. The van der Waals surface area contributed by atoms with Gasteiger partial charge in [-0.25, -0.2) is 8.78 Å². The van der Waals surface area contributed by atoms with E-state index in [1.165, 1.54) is 17.1 Å². The summed E-state index contributed by atoms with van der Waals surface area (Å²) in [7, 11) is 1.75. The number of rotatable bonds is 4. The summed E-state index contributed by atoms with van der Waals surface area (Å²) in [6.45, 7) is 4.16. The zero-order chi connectivity index (χ0) is 17.6. The first-order valence-corrected chi connectivity index (χ1v) is 9.23. The van der Waals surface area contributed by atoms with Crippen LogP contribution in [0.2, 0.25) is 0 Å². The van der Waals surface area contributed by atoms with Gasteiger partial charge in [0, 0.05) is 39.8 Å². The molecule has 26 heavy (non-hydrogen) atoms. The van der Waals surface area contributed by atoms with E-state index >= 15 is 0 Å². The maximum atomic E-state index is 13.7. The lowest BCUT2D eigenvalue weighted by Gasteiger charge is -2.37. The molecular formula is C18H23F2IN4S. The zero-order valence-electron chi connectivity index (χ0n) is 14.6. The predicted molar refractivity (Wildman–Crippen MR) is 115 cm³/mol. The first-order valence-electron chi connectivity index (χ1n) is 8.35. The van der Waals surface area contributed by atoms with Gasteiger partial charge in [0.25, 0.3) is 0 Å². The van der Waals surface area contributed by atoms with Gasteiger partial charge in [-0.15, -0.1) is 35.3 Å². The normalized spacial score (nSPS) is 15.0. The van der Waals surface area contributed by atoms with Crippen molar-refractivity contribution in [2.24, 2.45) is 4.99 Å². The largest absolute Gasteiger partial charge is 0.360 e. The van der Waals surface area contributed by atoms with Crippen molar-refractivity contribution in [3.05, 3.63) is 52.9 Å². The lowest BCUT2D eigenvalue weighted by molar-refractivity contribution is 0.373. The monoisotopic (exact) mass is 492 g/mol. The average molecular weight is 492 g/mol. The number of hydrogen-bond acceptors (Lipinski definition) is 3. The van der Waals surface area contributed by atoms with Crippen molar-refractivity contribution >= 4 is 46.3 Å². The van der Waals surface area contributed by atoms with Gasteiger partial charge in [0.05, 0.1) is 5.00 Å². The number of aliphatic imine (C=N–C) groups is 1. The Bertz CT molecular complexity index is 716. The molecule has 0 radical (unpaired) electrons. The molecule has 4 nitrogen and oxygen atoms in total. The maximum absolute atomic E-state index is 13.7. The summed E-state index contributed by atoms with van der Waals surface area (Å²) < 4.78 is 26.9. The highest BCUT2D eigenvalue weighted by Crippen LogP contribution is 2.22. The molecule has 0 saturated carbocycles. The summed E-state index contributed by atoms with van der Waals surface area (Å²) in [5.74, 6) is 0.0240. The quantitative estimate of drug-likeness (QED) is 0.402. The van der Waals surface area contributed by atoms with Gasteiger partial charge >= 0.3 is 0 Å². The van der Waals surface area contributed by atoms with Crippen molar-refractivity contribution in [2.75, 3.05) is 44.7 Å². The van der Waals surface area contributed by atoms with Crippen LogP contribution in [0.3, 0.4) is 0 Å². The summed E-state index contributed by atoms with van der Waals surface area (Å²) >= 11 is 1.75. The number of hydrogen-bond donors (Lipinski definition) is 1. The molecule has 0 aliphatic carbocycles. The van der Waals surface area contributed by atoms with Crippen LogP contribution in [0.15, 0.2) is 40.7 Å². The number of guanidine groups is 1. The minimum atomic E-state index is -0.412. The number of nitrogens with one attached hydrogen (secondary N) is 1. The number of thiophene rings is 1. The van der Waals surface area contributed by atoms with Gasteiger partial charge in [-0.2, -0.15) is 0 Å². The van der Waals surface area contributed by atoms with Crippen molar-refractivity contribution in [2.45, 2.75) is 6.42 Å². The third-order valence-corrected chi connectivity index (χ3v) is 5.22. The van der Waals surface area contributed by atoms with Gasteiger partial charge in [-0.1, -0.05) is 0 Å². The molecule has 1 N–H and O–H groups in total. The lowest BCUT2D eigenvalue weighted by atomic mass is 10.1. The van der Waals surface area contributed by atoms with Crippen LogP contribution >= 0.6 is 35.3 Å². The molecule has 0 spiro atoms. The number of halogens is 3.